The minimum Gasteiger partial charge on any atom is -0.374 e. The summed E-state index contributed by atoms with van der Waals surface area (Å²) in [5.74, 6) is 0. The lowest BCUT2D eigenvalue weighted by Gasteiger charge is -2.13. The molecule has 1 rings (SSSR count). The van der Waals surface area contributed by atoms with Crippen molar-refractivity contribution in [2.24, 2.45) is 0 Å². The summed E-state index contributed by atoms with van der Waals surface area (Å²) in [6.45, 7) is 2.84. The molecule has 0 atom stereocenters. The lowest BCUT2D eigenvalue weighted by Crippen LogP contribution is -2.11. The summed E-state index contributed by atoms with van der Waals surface area (Å²) in [6.07, 6.45) is 12.8. The van der Waals surface area contributed by atoms with Gasteiger partial charge in [0.25, 0.3) is 0 Å². The van der Waals surface area contributed by atoms with E-state index in [2.05, 4.69) is 12.2 Å². The molecule has 1 aliphatic carbocycles. The average Bonchev–Trinajstić information content (AvgIpc) is 2.33. The minimum atomic E-state index is 0.545. The van der Waals surface area contributed by atoms with Crippen LogP contribution in [-0.2, 0) is 4.74 Å². The van der Waals surface area contributed by atoms with Gasteiger partial charge in [-0.25, -0.2) is 0 Å². The van der Waals surface area contributed by atoms with Crippen molar-refractivity contribution in [3.63, 3.8) is 0 Å². The molecule has 0 aliphatic heterocycles. The lowest BCUT2D eigenvalue weighted by atomic mass is 10.1. The number of rotatable bonds is 3. The van der Waals surface area contributed by atoms with Crippen LogP contribution in [0.15, 0.2) is 12.2 Å². The molecular weight excluding hydrogens is 148 g/mol. The Hall–Kier alpha value is -0.300. The van der Waals surface area contributed by atoms with E-state index in [0.29, 0.717) is 6.10 Å². The van der Waals surface area contributed by atoms with Crippen molar-refractivity contribution in [1.29, 1.82) is 0 Å². The SMILES string of the molecule is CC=CCOC1CCCCCC1. The Morgan fingerprint density at radius 2 is 1.83 bits per heavy atom. The predicted octanol–water partition coefficient (Wildman–Crippen LogP) is 3.30. The fraction of sp³-hybridized carbons (Fsp3) is 0.818. The van der Waals surface area contributed by atoms with Gasteiger partial charge in [0, 0.05) is 0 Å². The first-order valence-electron chi connectivity index (χ1n) is 5.16. The van der Waals surface area contributed by atoms with Crippen LogP contribution in [0.25, 0.3) is 0 Å². The Morgan fingerprint density at radius 1 is 1.17 bits per heavy atom. The zero-order valence-corrected chi connectivity index (χ0v) is 8.09. The van der Waals surface area contributed by atoms with Gasteiger partial charge in [0.15, 0.2) is 0 Å². The molecule has 1 nitrogen and oxygen atoms in total. The van der Waals surface area contributed by atoms with Gasteiger partial charge in [-0.2, -0.15) is 0 Å². The third kappa shape index (κ3) is 3.91. The van der Waals surface area contributed by atoms with Crippen LogP contribution in [-0.4, -0.2) is 12.7 Å². The highest BCUT2D eigenvalue weighted by Gasteiger charge is 2.10. The molecule has 0 aromatic heterocycles. The van der Waals surface area contributed by atoms with Gasteiger partial charge in [-0.3, -0.25) is 0 Å². The first kappa shape index (κ1) is 9.79. The van der Waals surface area contributed by atoms with Crippen molar-refractivity contribution in [2.75, 3.05) is 6.61 Å². The molecule has 0 aromatic rings. The van der Waals surface area contributed by atoms with E-state index in [4.69, 9.17) is 4.74 Å². The van der Waals surface area contributed by atoms with Crippen molar-refractivity contribution < 1.29 is 4.74 Å². The molecule has 70 valence electrons. The standard InChI is InChI=1S/C11H20O/c1-2-3-10-12-11-8-6-4-5-7-9-11/h2-3,11H,4-10H2,1H3. The van der Waals surface area contributed by atoms with E-state index in [1.54, 1.807) is 0 Å². The quantitative estimate of drug-likeness (QED) is 0.464. The Morgan fingerprint density at radius 3 is 2.42 bits per heavy atom. The van der Waals surface area contributed by atoms with Crippen LogP contribution in [0.3, 0.4) is 0 Å². The summed E-state index contributed by atoms with van der Waals surface area (Å²) in [7, 11) is 0. The van der Waals surface area contributed by atoms with Crippen LogP contribution >= 0.6 is 0 Å². The molecule has 1 saturated carbocycles. The summed E-state index contributed by atoms with van der Waals surface area (Å²) >= 11 is 0. The smallest absolute Gasteiger partial charge is 0.0651 e. The van der Waals surface area contributed by atoms with E-state index >= 15 is 0 Å². The zero-order valence-electron chi connectivity index (χ0n) is 8.09. The van der Waals surface area contributed by atoms with E-state index in [1.165, 1.54) is 38.5 Å². The van der Waals surface area contributed by atoms with Crippen molar-refractivity contribution in [3.8, 4) is 0 Å². The zero-order chi connectivity index (χ0) is 8.65. The fourth-order valence-electron chi connectivity index (χ4n) is 1.70. The second-order valence-corrected chi connectivity index (χ2v) is 3.52. The molecule has 0 saturated heterocycles. The summed E-state index contributed by atoms with van der Waals surface area (Å²) in [5, 5.41) is 0. The first-order chi connectivity index (χ1) is 5.93. The molecule has 12 heavy (non-hydrogen) atoms. The third-order valence-corrected chi connectivity index (χ3v) is 2.47. The summed E-state index contributed by atoms with van der Waals surface area (Å²) in [6, 6.07) is 0. The maximum Gasteiger partial charge on any atom is 0.0651 e. The molecule has 0 bridgehead atoms. The van der Waals surface area contributed by atoms with Gasteiger partial charge in [-0.1, -0.05) is 37.8 Å². The minimum absolute atomic E-state index is 0.545. The molecule has 1 fully saturated rings. The summed E-state index contributed by atoms with van der Waals surface area (Å²) < 4.78 is 5.72. The normalized spacial score (nSPS) is 21.4. The topological polar surface area (TPSA) is 9.23 Å². The monoisotopic (exact) mass is 168 g/mol. The molecule has 0 N–H and O–H groups in total. The van der Waals surface area contributed by atoms with Crippen molar-refractivity contribution in [1.82, 2.24) is 0 Å². The third-order valence-electron chi connectivity index (χ3n) is 2.47. The van der Waals surface area contributed by atoms with E-state index in [1.807, 2.05) is 6.92 Å². The second kappa shape index (κ2) is 6.24. The maximum absolute atomic E-state index is 5.72. The summed E-state index contributed by atoms with van der Waals surface area (Å²) in [5.41, 5.74) is 0. The average molecular weight is 168 g/mol. The highest BCUT2D eigenvalue weighted by Crippen LogP contribution is 2.19. The molecule has 1 aliphatic rings. The van der Waals surface area contributed by atoms with Crippen LogP contribution in [0.2, 0.25) is 0 Å². The molecule has 0 spiro atoms. The number of allylic oxidation sites excluding steroid dienone is 1. The van der Waals surface area contributed by atoms with Gasteiger partial charge in [-0.15, -0.1) is 0 Å². The Bertz CT molecular complexity index is 121. The van der Waals surface area contributed by atoms with E-state index < -0.39 is 0 Å². The number of hydrogen-bond acceptors (Lipinski definition) is 1. The highest BCUT2D eigenvalue weighted by atomic mass is 16.5. The second-order valence-electron chi connectivity index (χ2n) is 3.52. The highest BCUT2D eigenvalue weighted by molar-refractivity contribution is 4.77. The van der Waals surface area contributed by atoms with Gasteiger partial charge < -0.3 is 4.74 Å². The van der Waals surface area contributed by atoms with Crippen molar-refractivity contribution in [2.45, 2.75) is 51.6 Å². The van der Waals surface area contributed by atoms with Gasteiger partial charge in [0.1, 0.15) is 0 Å². The summed E-state index contributed by atoms with van der Waals surface area (Å²) in [4.78, 5) is 0. The molecule has 0 unspecified atom stereocenters. The maximum atomic E-state index is 5.72. The Balaban J connectivity index is 2.11. The van der Waals surface area contributed by atoms with Crippen molar-refractivity contribution in [3.05, 3.63) is 12.2 Å². The largest absolute Gasteiger partial charge is 0.374 e. The molecule has 0 amide bonds. The van der Waals surface area contributed by atoms with Gasteiger partial charge in [-0.05, 0) is 19.8 Å². The predicted molar refractivity (Wildman–Crippen MR) is 52.3 cm³/mol. The van der Waals surface area contributed by atoms with Crippen LogP contribution in [0, 0.1) is 0 Å². The Labute approximate surface area is 75.8 Å². The molecule has 0 aromatic carbocycles. The number of ether oxygens (including phenoxy) is 1. The van der Waals surface area contributed by atoms with Gasteiger partial charge in [0.05, 0.1) is 12.7 Å². The van der Waals surface area contributed by atoms with Crippen LogP contribution in [0.5, 0.6) is 0 Å². The van der Waals surface area contributed by atoms with Crippen molar-refractivity contribution >= 4 is 0 Å². The van der Waals surface area contributed by atoms with Crippen LogP contribution < -0.4 is 0 Å². The lowest BCUT2D eigenvalue weighted by molar-refractivity contribution is 0.0631. The number of hydrogen-bond donors (Lipinski definition) is 0. The van der Waals surface area contributed by atoms with Crippen LogP contribution in [0.4, 0.5) is 0 Å². The van der Waals surface area contributed by atoms with E-state index in [0.717, 1.165) is 6.61 Å². The van der Waals surface area contributed by atoms with E-state index in [9.17, 15) is 0 Å². The first-order valence-corrected chi connectivity index (χ1v) is 5.16. The van der Waals surface area contributed by atoms with Gasteiger partial charge in [0.2, 0.25) is 0 Å². The molecule has 0 radical (unpaired) electrons. The molecular formula is C11H20O. The molecule has 0 heterocycles. The van der Waals surface area contributed by atoms with Gasteiger partial charge >= 0.3 is 0 Å². The Kier molecular flexibility index (Phi) is 5.09. The van der Waals surface area contributed by atoms with E-state index in [-0.39, 0.29) is 0 Å². The fourth-order valence-corrected chi connectivity index (χ4v) is 1.70. The van der Waals surface area contributed by atoms with Crippen LogP contribution in [0.1, 0.15) is 45.4 Å². The molecule has 1 heteroatoms.